The second-order valence-electron chi connectivity index (χ2n) is 5.56. The molecule has 0 bridgehead atoms. The molecule has 1 fully saturated rings. The minimum absolute atomic E-state index is 0.0727. The highest BCUT2D eigenvalue weighted by atomic mass is 16.2. The zero-order valence-electron chi connectivity index (χ0n) is 12.0. The Morgan fingerprint density at radius 2 is 2.10 bits per heavy atom. The molecule has 1 saturated heterocycles. The first-order valence-corrected chi connectivity index (χ1v) is 6.89. The molecule has 1 heterocycles. The molecule has 0 spiro atoms. The van der Waals surface area contributed by atoms with E-state index in [4.69, 9.17) is 5.73 Å². The first kappa shape index (κ1) is 14.5. The van der Waals surface area contributed by atoms with Gasteiger partial charge in [-0.15, -0.1) is 0 Å². The van der Waals surface area contributed by atoms with Crippen LogP contribution < -0.4 is 16.4 Å². The summed E-state index contributed by atoms with van der Waals surface area (Å²) >= 11 is 0. The molecule has 0 aliphatic carbocycles. The van der Waals surface area contributed by atoms with Gasteiger partial charge in [-0.3, -0.25) is 9.59 Å². The number of benzene rings is 1. The molecule has 1 aromatic carbocycles. The normalized spacial score (nSPS) is 22.3. The molecule has 0 aromatic heterocycles. The zero-order chi connectivity index (χ0) is 14.8. The Kier molecular flexibility index (Phi) is 4.09. The molecule has 2 amide bonds. The van der Waals surface area contributed by atoms with E-state index in [0.717, 1.165) is 31.4 Å². The minimum Gasteiger partial charge on any atom is -0.366 e. The minimum atomic E-state index is -0.546. The molecule has 1 aliphatic rings. The number of amides is 2. The van der Waals surface area contributed by atoms with Crippen molar-refractivity contribution < 1.29 is 9.59 Å². The lowest BCUT2D eigenvalue weighted by Crippen LogP contribution is -2.54. The lowest BCUT2D eigenvalue weighted by molar-refractivity contribution is -0.122. The van der Waals surface area contributed by atoms with Crippen LogP contribution in [0.2, 0.25) is 0 Å². The quantitative estimate of drug-likeness (QED) is 0.782. The van der Waals surface area contributed by atoms with Gasteiger partial charge in [0.15, 0.2) is 0 Å². The van der Waals surface area contributed by atoms with Crippen molar-refractivity contribution in [2.45, 2.75) is 38.6 Å². The van der Waals surface area contributed by atoms with Crippen molar-refractivity contribution in [1.29, 1.82) is 0 Å². The van der Waals surface area contributed by atoms with E-state index in [1.54, 1.807) is 18.2 Å². The van der Waals surface area contributed by atoms with Crippen molar-refractivity contribution >= 4 is 17.5 Å². The maximum absolute atomic E-state index is 12.4. The van der Waals surface area contributed by atoms with Crippen LogP contribution in [0, 0.1) is 6.92 Å². The molecular formula is C15H21N3O2. The summed E-state index contributed by atoms with van der Waals surface area (Å²) in [6, 6.07) is 5.19. The van der Waals surface area contributed by atoms with Crippen LogP contribution in [0.1, 0.15) is 42.1 Å². The van der Waals surface area contributed by atoms with Crippen LogP contribution in [-0.4, -0.2) is 23.9 Å². The largest absolute Gasteiger partial charge is 0.366 e. The van der Waals surface area contributed by atoms with E-state index in [9.17, 15) is 9.59 Å². The van der Waals surface area contributed by atoms with E-state index in [-0.39, 0.29) is 5.91 Å². The van der Waals surface area contributed by atoms with Gasteiger partial charge < -0.3 is 16.4 Å². The van der Waals surface area contributed by atoms with Crippen LogP contribution in [0.5, 0.6) is 0 Å². The number of hydrogen-bond acceptors (Lipinski definition) is 3. The zero-order valence-corrected chi connectivity index (χ0v) is 12.0. The van der Waals surface area contributed by atoms with Crippen LogP contribution in [0.15, 0.2) is 18.2 Å². The van der Waals surface area contributed by atoms with Gasteiger partial charge in [0, 0.05) is 11.3 Å². The number of piperidine rings is 1. The molecule has 4 N–H and O–H groups in total. The maximum Gasteiger partial charge on any atom is 0.249 e. The number of primary amides is 1. The lowest BCUT2D eigenvalue weighted by atomic mass is 9.90. The van der Waals surface area contributed by atoms with Crippen LogP contribution in [-0.2, 0) is 4.79 Å². The van der Waals surface area contributed by atoms with Gasteiger partial charge in [-0.05, 0) is 57.4 Å². The monoisotopic (exact) mass is 275 g/mol. The fourth-order valence-corrected chi connectivity index (χ4v) is 2.48. The van der Waals surface area contributed by atoms with E-state index < -0.39 is 11.4 Å². The topological polar surface area (TPSA) is 84.2 Å². The number of carbonyl (C=O) groups is 2. The number of hydrogen-bond donors (Lipinski definition) is 3. The second kappa shape index (κ2) is 5.63. The molecule has 0 radical (unpaired) electrons. The molecule has 5 heteroatoms. The predicted octanol–water partition coefficient (Wildman–Crippen LogP) is 1.56. The summed E-state index contributed by atoms with van der Waals surface area (Å²) < 4.78 is 0. The number of carbonyl (C=O) groups excluding carboxylic acids is 2. The number of aryl methyl sites for hydroxylation is 1. The summed E-state index contributed by atoms with van der Waals surface area (Å²) in [6.07, 6.45) is 2.95. The van der Waals surface area contributed by atoms with Gasteiger partial charge in [-0.1, -0.05) is 6.07 Å². The number of nitrogens with one attached hydrogen (secondary N) is 2. The molecule has 1 aliphatic heterocycles. The summed E-state index contributed by atoms with van der Waals surface area (Å²) in [5, 5.41) is 6.13. The molecule has 1 atom stereocenters. The van der Waals surface area contributed by atoms with Crippen LogP contribution in [0.25, 0.3) is 0 Å². The van der Waals surface area contributed by atoms with E-state index in [1.165, 1.54) is 0 Å². The van der Waals surface area contributed by atoms with Crippen molar-refractivity contribution in [1.82, 2.24) is 5.32 Å². The molecule has 108 valence electrons. The average molecular weight is 275 g/mol. The third kappa shape index (κ3) is 2.99. The van der Waals surface area contributed by atoms with Crippen LogP contribution >= 0.6 is 0 Å². The first-order chi connectivity index (χ1) is 9.42. The Bertz CT molecular complexity index is 534. The Labute approximate surface area is 118 Å². The number of nitrogens with two attached hydrogens (primary N) is 1. The Balaban J connectivity index is 2.15. The summed E-state index contributed by atoms with van der Waals surface area (Å²) in [6.45, 7) is 4.57. The van der Waals surface area contributed by atoms with E-state index >= 15 is 0 Å². The third-order valence-electron chi connectivity index (χ3n) is 3.88. The van der Waals surface area contributed by atoms with Crippen molar-refractivity contribution in [3.8, 4) is 0 Å². The first-order valence-electron chi connectivity index (χ1n) is 6.89. The summed E-state index contributed by atoms with van der Waals surface area (Å²) in [4.78, 5) is 23.7. The highest BCUT2D eigenvalue weighted by Crippen LogP contribution is 2.22. The van der Waals surface area contributed by atoms with Gasteiger partial charge in [0.2, 0.25) is 11.8 Å². The van der Waals surface area contributed by atoms with Crippen LogP contribution in [0.3, 0.4) is 0 Å². The highest BCUT2D eigenvalue weighted by molar-refractivity contribution is 6.00. The molecule has 1 aromatic rings. The maximum atomic E-state index is 12.4. The summed E-state index contributed by atoms with van der Waals surface area (Å²) in [5.41, 5.74) is 6.61. The van der Waals surface area contributed by atoms with Gasteiger partial charge in [-0.25, -0.2) is 0 Å². The SMILES string of the molecule is Cc1ccc(NC(=O)C2(C)CCCCN2)cc1C(N)=O. The lowest BCUT2D eigenvalue weighted by Gasteiger charge is -2.33. The smallest absolute Gasteiger partial charge is 0.249 e. The van der Waals surface area contributed by atoms with E-state index in [0.29, 0.717) is 11.3 Å². The van der Waals surface area contributed by atoms with Crippen molar-refractivity contribution in [3.63, 3.8) is 0 Å². The Morgan fingerprint density at radius 3 is 2.70 bits per heavy atom. The van der Waals surface area contributed by atoms with Gasteiger partial charge in [0.1, 0.15) is 0 Å². The second-order valence-corrected chi connectivity index (χ2v) is 5.56. The van der Waals surface area contributed by atoms with Crippen molar-refractivity contribution in [3.05, 3.63) is 29.3 Å². The fourth-order valence-electron chi connectivity index (χ4n) is 2.48. The van der Waals surface area contributed by atoms with E-state index in [1.807, 2.05) is 13.8 Å². The van der Waals surface area contributed by atoms with Crippen LogP contribution in [0.4, 0.5) is 5.69 Å². The Hall–Kier alpha value is -1.88. The predicted molar refractivity (Wildman–Crippen MR) is 78.6 cm³/mol. The van der Waals surface area contributed by atoms with Gasteiger partial charge in [0.05, 0.1) is 5.54 Å². The fraction of sp³-hybridized carbons (Fsp3) is 0.467. The molecule has 20 heavy (non-hydrogen) atoms. The number of anilines is 1. The summed E-state index contributed by atoms with van der Waals surface area (Å²) in [5.74, 6) is -0.558. The van der Waals surface area contributed by atoms with Crippen molar-refractivity contribution in [2.75, 3.05) is 11.9 Å². The van der Waals surface area contributed by atoms with Gasteiger partial charge in [0.25, 0.3) is 0 Å². The molecule has 2 rings (SSSR count). The molecule has 5 nitrogen and oxygen atoms in total. The molecule has 1 unspecified atom stereocenters. The van der Waals surface area contributed by atoms with Crippen molar-refractivity contribution in [2.24, 2.45) is 5.73 Å². The summed E-state index contributed by atoms with van der Waals surface area (Å²) in [7, 11) is 0. The third-order valence-corrected chi connectivity index (χ3v) is 3.88. The molecule has 0 saturated carbocycles. The van der Waals surface area contributed by atoms with E-state index in [2.05, 4.69) is 10.6 Å². The standard InChI is InChI=1S/C15H21N3O2/c1-10-5-6-11(9-12(10)13(16)19)18-14(20)15(2)7-3-4-8-17-15/h5-6,9,17H,3-4,7-8H2,1-2H3,(H2,16,19)(H,18,20). The number of rotatable bonds is 3. The van der Waals surface area contributed by atoms with Gasteiger partial charge in [-0.2, -0.15) is 0 Å². The average Bonchev–Trinajstić information content (AvgIpc) is 2.41. The van der Waals surface area contributed by atoms with Gasteiger partial charge >= 0.3 is 0 Å². The molecular weight excluding hydrogens is 254 g/mol. The Morgan fingerprint density at radius 1 is 1.35 bits per heavy atom. The highest BCUT2D eigenvalue weighted by Gasteiger charge is 2.34.